The number of hydrogen-bond donors (Lipinski definition) is 1. The van der Waals surface area contributed by atoms with Crippen LogP contribution in [0.4, 0.5) is 0 Å². The van der Waals surface area contributed by atoms with E-state index in [4.69, 9.17) is 5.10 Å². The molecule has 1 N–H and O–H groups in total. The van der Waals surface area contributed by atoms with E-state index in [1.54, 1.807) is 0 Å². The molecular formula is C15H25N3. The van der Waals surface area contributed by atoms with Crippen molar-refractivity contribution in [1.29, 1.82) is 0 Å². The second-order valence-electron chi connectivity index (χ2n) is 6.71. The lowest BCUT2D eigenvalue weighted by Crippen LogP contribution is -2.20. The minimum absolute atomic E-state index is 0.506. The molecule has 2 aliphatic carbocycles. The van der Waals surface area contributed by atoms with E-state index in [2.05, 4.69) is 36.1 Å². The first-order chi connectivity index (χ1) is 8.65. The Morgan fingerprint density at radius 1 is 1.33 bits per heavy atom. The highest BCUT2D eigenvalue weighted by molar-refractivity contribution is 5.05. The van der Waals surface area contributed by atoms with Crippen LogP contribution in [0.1, 0.15) is 64.1 Å². The van der Waals surface area contributed by atoms with Crippen molar-refractivity contribution in [2.75, 3.05) is 0 Å². The van der Waals surface area contributed by atoms with Crippen molar-refractivity contribution >= 4 is 0 Å². The number of rotatable bonds is 4. The monoisotopic (exact) mass is 247 g/mol. The van der Waals surface area contributed by atoms with Crippen molar-refractivity contribution in [2.24, 2.45) is 5.41 Å². The molecule has 2 saturated carbocycles. The van der Waals surface area contributed by atoms with E-state index in [1.165, 1.54) is 44.2 Å². The maximum absolute atomic E-state index is 4.74. The molecule has 3 rings (SSSR count). The summed E-state index contributed by atoms with van der Waals surface area (Å²) in [6.07, 6.45) is 10.2. The molecule has 0 radical (unpaired) electrons. The zero-order valence-electron chi connectivity index (χ0n) is 11.7. The molecule has 0 aromatic carbocycles. The fourth-order valence-electron chi connectivity index (χ4n) is 3.06. The van der Waals surface area contributed by atoms with Gasteiger partial charge in [0.1, 0.15) is 0 Å². The summed E-state index contributed by atoms with van der Waals surface area (Å²) in [5, 5.41) is 8.34. The summed E-state index contributed by atoms with van der Waals surface area (Å²) in [6, 6.07) is 3.53. The van der Waals surface area contributed by atoms with Gasteiger partial charge in [0.25, 0.3) is 0 Å². The molecule has 0 saturated heterocycles. The summed E-state index contributed by atoms with van der Waals surface area (Å²) in [5.74, 6) is 0. The molecule has 1 aromatic rings. The summed E-state index contributed by atoms with van der Waals surface area (Å²) in [5.41, 5.74) is 1.70. The number of nitrogens with one attached hydrogen (secondary N) is 1. The molecule has 1 aromatic heterocycles. The van der Waals surface area contributed by atoms with Gasteiger partial charge >= 0.3 is 0 Å². The predicted octanol–water partition coefficient (Wildman–Crippen LogP) is 3.28. The van der Waals surface area contributed by atoms with Crippen LogP contribution < -0.4 is 5.32 Å². The fraction of sp³-hybridized carbons (Fsp3) is 0.800. The van der Waals surface area contributed by atoms with E-state index in [9.17, 15) is 0 Å². The van der Waals surface area contributed by atoms with Crippen LogP contribution >= 0.6 is 0 Å². The van der Waals surface area contributed by atoms with Gasteiger partial charge in [-0.15, -0.1) is 0 Å². The average Bonchev–Trinajstić information content (AvgIpc) is 2.79. The van der Waals surface area contributed by atoms with E-state index in [0.717, 1.165) is 6.54 Å². The first-order valence-corrected chi connectivity index (χ1v) is 7.42. The smallest absolute Gasteiger partial charge is 0.0762 e. The Balaban J connectivity index is 1.53. The second-order valence-corrected chi connectivity index (χ2v) is 6.71. The zero-order chi connectivity index (χ0) is 12.6. The summed E-state index contributed by atoms with van der Waals surface area (Å²) in [4.78, 5) is 0. The zero-order valence-corrected chi connectivity index (χ0v) is 11.7. The Morgan fingerprint density at radius 3 is 2.72 bits per heavy atom. The summed E-state index contributed by atoms with van der Waals surface area (Å²) >= 11 is 0. The highest BCUT2D eigenvalue weighted by Crippen LogP contribution is 2.44. The molecule has 3 heteroatoms. The number of nitrogens with zero attached hydrogens (tertiary/aromatic N) is 2. The standard InChI is InChI=1S/C15H25N3/c1-15(2)10-14(15)16-11-12-8-9-18(17-12)13-6-4-3-5-7-13/h8-9,13-14,16H,3-7,10-11H2,1-2H3. The summed E-state index contributed by atoms with van der Waals surface area (Å²) in [6.45, 7) is 5.57. The maximum atomic E-state index is 4.74. The lowest BCUT2D eigenvalue weighted by Gasteiger charge is -2.21. The highest BCUT2D eigenvalue weighted by Gasteiger charge is 2.45. The van der Waals surface area contributed by atoms with Crippen molar-refractivity contribution in [2.45, 2.75) is 71.0 Å². The summed E-state index contributed by atoms with van der Waals surface area (Å²) in [7, 11) is 0. The first kappa shape index (κ1) is 12.2. The minimum Gasteiger partial charge on any atom is -0.308 e. The molecule has 0 amide bonds. The highest BCUT2D eigenvalue weighted by atomic mass is 15.3. The van der Waals surface area contributed by atoms with Crippen LogP contribution in [-0.4, -0.2) is 15.8 Å². The molecular weight excluding hydrogens is 222 g/mol. The van der Waals surface area contributed by atoms with E-state index >= 15 is 0 Å². The van der Waals surface area contributed by atoms with Crippen LogP contribution in [0.5, 0.6) is 0 Å². The van der Waals surface area contributed by atoms with Crippen LogP contribution in [0, 0.1) is 5.41 Å². The normalized spacial score (nSPS) is 27.3. The topological polar surface area (TPSA) is 29.9 Å². The van der Waals surface area contributed by atoms with Gasteiger partial charge in [0.05, 0.1) is 11.7 Å². The van der Waals surface area contributed by atoms with E-state index in [-0.39, 0.29) is 0 Å². The van der Waals surface area contributed by atoms with Gasteiger partial charge in [-0.2, -0.15) is 5.10 Å². The minimum atomic E-state index is 0.506. The molecule has 0 bridgehead atoms. The molecule has 1 unspecified atom stereocenters. The quantitative estimate of drug-likeness (QED) is 0.885. The maximum Gasteiger partial charge on any atom is 0.0762 e. The van der Waals surface area contributed by atoms with Crippen LogP contribution in [-0.2, 0) is 6.54 Å². The fourth-order valence-corrected chi connectivity index (χ4v) is 3.06. The molecule has 2 aliphatic rings. The van der Waals surface area contributed by atoms with Gasteiger partial charge in [-0.25, -0.2) is 0 Å². The Bertz CT molecular complexity index is 402. The van der Waals surface area contributed by atoms with Gasteiger partial charge in [0.2, 0.25) is 0 Å². The van der Waals surface area contributed by atoms with Crippen molar-refractivity contribution in [3.63, 3.8) is 0 Å². The van der Waals surface area contributed by atoms with Crippen LogP contribution in [0.25, 0.3) is 0 Å². The third kappa shape index (κ3) is 2.61. The van der Waals surface area contributed by atoms with Crippen molar-refractivity contribution in [3.8, 4) is 0 Å². The Labute approximate surface area is 110 Å². The van der Waals surface area contributed by atoms with Crippen LogP contribution in [0.15, 0.2) is 12.3 Å². The molecule has 1 atom stereocenters. The Kier molecular flexibility index (Phi) is 3.18. The third-order valence-electron chi connectivity index (χ3n) is 4.66. The first-order valence-electron chi connectivity index (χ1n) is 7.42. The van der Waals surface area contributed by atoms with Crippen molar-refractivity contribution in [3.05, 3.63) is 18.0 Å². The lowest BCUT2D eigenvalue weighted by molar-refractivity contribution is 0.327. The molecule has 1 heterocycles. The number of hydrogen-bond acceptors (Lipinski definition) is 2. The van der Waals surface area contributed by atoms with E-state index < -0.39 is 0 Å². The van der Waals surface area contributed by atoms with Crippen molar-refractivity contribution in [1.82, 2.24) is 15.1 Å². The SMILES string of the molecule is CC1(C)CC1NCc1ccn(C2CCCCC2)n1. The molecule has 18 heavy (non-hydrogen) atoms. The summed E-state index contributed by atoms with van der Waals surface area (Å²) < 4.78 is 2.20. The Morgan fingerprint density at radius 2 is 2.06 bits per heavy atom. The molecule has 2 fully saturated rings. The lowest BCUT2D eigenvalue weighted by atomic mass is 9.96. The average molecular weight is 247 g/mol. The van der Waals surface area contributed by atoms with Gasteiger partial charge in [-0.3, -0.25) is 4.68 Å². The largest absolute Gasteiger partial charge is 0.308 e. The van der Waals surface area contributed by atoms with Gasteiger partial charge in [0, 0.05) is 18.8 Å². The second kappa shape index (κ2) is 4.69. The van der Waals surface area contributed by atoms with Crippen LogP contribution in [0.3, 0.4) is 0 Å². The molecule has 0 spiro atoms. The number of aromatic nitrogens is 2. The Hall–Kier alpha value is -0.830. The van der Waals surface area contributed by atoms with Gasteiger partial charge < -0.3 is 5.32 Å². The molecule has 0 aliphatic heterocycles. The molecule has 100 valence electrons. The van der Waals surface area contributed by atoms with Gasteiger partial charge in [-0.05, 0) is 30.7 Å². The predicted molar refractivity (Wildman–Crippen MR) is 73.4 cm³/mol. The molecule has 3 nitrogen and oxygen atoms in total. The van der Waals surface area contributed by atoms with Crippen molar-refractivity contribution < 1.29 is 0 Å². The van der Waals surface area contributed by atoms with E-state index in [1.807, 2.05) is 0 Å². The third-order valence-corrected chi connectivity index (χ3v) is 4.66. The van der Waals surface area contributed by atoms with Gasteiger partial charge in [0.15, 0.2) is 0 Å². The van der Waals surface area contributed by atoms with Crippen LogP contribution in [0.2, 0.25) is 0 Å². The van der Waals surface area contributed by atoms with Gasteiger partial charge in [-0.1, -0.05) is 33.1 Å². The van der Waals surface area contributed by atoms with E-state index in [0.29, 0.717) is 17.5 Å².